The second kappa shape index (κ2) is 7.98. The van der Waals surface area contributed by atoms with E-state index in [1.54, 1.807) is 38.4 Å². The summed E-state index contributed by atoms with van der Waals surface area (Å²) in [4.78, 5) is 14.1. The van der Waals surface area contributed by atoms with Crippen LogP contribution in [-0.4, -0.2) is 51.6 Å². The Balaban J connectivity index is 2.10. The molecule has 134 valence electrons. The molecule has 0 radical (unpaired) electrons. The number of anilines is 1. The summed E-state index contributed by atoms with van der Waals surface area (Å²) < 4.78 is 30.8. The fourth-order valence-electron chi connectivity index (χ4n) is 3.08. The highest BCUT2D eigenvalue weighted by Gasteiger charge is 2.30. The monoisotopic (exact) mass is 354 g/mol. The summed E-state index contributed by atoms with van der Waals surface area (Å²) in [7, 11) is -0.181. The van der Waals surface area contributed by atoms with Crippen LogP contribution < -0.4 is 9.64 Å². The molecule has 0 atom stereocenters. The quantitative estimate of drug-likeness (QED) is 0.786. The van der Waals surface area contributed by atoms with Crippen molar-refractivity contribution in [2.75, 3.05) is 31.9 Å². The first-order valence-electron chi connectivity index (χ1n) is 8.20. The predicted octanol–water partition coefficient (Wildman–Crippen LogP) is 2.25. The number of sulfonamides is 1. The highest BCUT2D eigenvalue weighted by atomic mass is 32.2. The maximum atomic E-state index is 12.6. The summed E-state index contributed by atoms with van der Waals surface area (Å²) in [5, 5.41) is 0. The van der Waals surface area contributed by atoms with Gasteiger partial charge in [-0.05, 0) is 37.1 Å². The molecule has 0 aliphatic heterocycles. The molecule has 0 saturated heterocycles. The molecular weight excluding hydrogens is 328 g/mol. The average molecular weight is 354 g/mol. The van der Waals surface area contributed by atoms with Gasteiger partial charge in [0.2, 0.25) is 15.9 Å². The van der Waals surface area contributed by atoms with Gasteiger partial charge in [0.1, 0.15) is 5.75 Å². The van der Waals surface area contributed by atoms with Crippen LogP contribution in [-0.2, 0) is 14.8 Å². The Labute approximate surface area is 144 Å². The number of ether oxygens (including phenoxy) is 1. The van der Waals surface area contributed by atoms with Crippen molar-refractivity contribution in [3.8, 4) is 5.75 Å². The van der Waals surface area contributed by atoms with Gasteiger partial charge in [0, 0.05) is 18.8 Å². The van der Waals surface area contributed by atoms with Gasteiger partial charge in [-0.2, -0.15) is 4.31 Å². The lowest BCUT2D eigenvalue weighted by Crippen LogP contribution is -2.47. The number of amides is 1. The number of benzene rings is 1. The Morgan fingerprint density at radius 3 is 2.25 bits per heavy atom. The molecular formula is C17H26N2O4S. The first kappa shape index (κ1) is 18.7. The first-order chi connectivity index (χ1) is 11.3. The van der Waals surface area contributed by atoms with E-state index in [4.69, 9.17) is 4.74 Å². The normalized spacial score (nSPS) is 16.2. The zero-order valence-corrected chi connectivity index (χ0v) is 15.4. The third kappa shape index (κ3) is 4.70. The average Bonchev–Trinajstić information content (AvgIpc) is 2.58. The molecule has 0 spiro atoms. The molecule has 1 aromatic rings. The van der Waals surface area contributed by atoms with E-state index >= 15 is 0 Å². The van der Waals surface area contributed by atoms with Crippen molar-refractivity contribution in [3.05, 3.63) is 24.3 Å². The van der Waals surface area contributed by atoms with E-state index in [0.717, 1.165) is 32.1 Å². The third-order valence-electron chi connectivity index (χ3n) is 4.53. The molecule has 7 heteroatoms. The van der Waals surface area contributed by atoms with E-state index in [1.807, 2.05) is 0 Å². The van der Waals surface area contributed by atoms with Crippen molar-refractivity contribution >= 4 is 21.6 Å². The largest absolute Gasteiger partial charge is 0.497 e. The zero-order valence-electron chi connectivity index (χ0n) is 14.6. The summed E-state index contributed by atoms with van der Waals surface area (Å²) in [6, 6.07) is 7.04. The van der Waals surface area contributed by atoms with Crippen LogP contribution in [0.4, 0.5) is 5.69 Å². The van der Waals surface area contributed by atoms with Gasteiger partial charge in [0.05, 0.1) is 19.9 Å². The lowest BCUT2D eigenvalue weighted by molar-refractivity contribution is -0.118. The topological polar surface area (TPSA) is 66.9 Å². The Morgan fingerprint density at radius 1 is 1.17 bits per heavy atom. The molecule has 2 rings (SSSR count). The van der Waals surface area contributed by atoms with Crippen LogP contribution in [0.15, 0.2) is 24.3 Å². The number of likely N-dealkylation sites (N-methyl/N-ethyl adjacent to an activating group) is 1. The van der Waals surface area contributed by atoms with Gasteiger partial charge in [-0.15, -0.1) is 0 Å². The van der Waals surface area contributed by atoms with Crippen molar-refractivity contribution in [3.63, 3.8) is 0 Å². The number of hydrogen-bond donors (Lipinski definition) is 0. The summed E-state index contributed by atoms with van der Waals surface area (Å²) in [6.07, 6.45) is 5.99. The van der Waals surface area contributed by atoms with E-state index in [-0.39, 0.29) is 18.5 Å². The molecule has 1 aromatic carbocycles. The van der Waals surface area contributed by atoms with Crippen LogP contribution in [0.2, 0.25) is 0 Å². The number of hydrogen-bond acceptors (Lipinski definition) is 4. The van der Waals surface area contributed by atoms with Crippen molar-refractivity contribution < 1.29 is 17.9 Å². The molecule has 1 aliphatic carbocycles. The molecule has 0 aromatic heterocycles. The van der Waals surface area contributed by atoms with E-state index in [1.165, 1.54) is 15.5 Å². The molecule has 0 bridgehead atoms. The van der Waals surface area contributed by atoms with Crippen molar-refractivity contribution in [1.29, 1.82) is 0 Å². The van der Waals surface area contributed by atoms with E-state index in [0.29, 0.717) is 11.4 Å². The fraction of sp³-hybridized carbons (Fsp3) is 0.588. The lowest BCUT2D eigenvalue weighted by atomic mass is 9.95. The van der Waals surface area contributed by atoms with Gasteiger partial charge in [0.15, 0.2) is 0 Å². The summed E-state index contributed by atoms with van der Waals surface area (Å²) in [5.74, 6) is 0.468. The molecule has 24 heavy (non-hydrogen) atoms. The minimum absolute atomic E-state index is 0.0676. The van der Waals surface area contributed by atoms with Crippen LogP contribution in [0.5, 0.6) is 5.75 Å². The molecule has 0 N–H and O–H groups in total. The number of methoxy groups -OCH3 is 1. The number of carbonyl (C=O) groups is 1. The standard InChI is InChI=1S/C17H26N2O4S/c1-18(14-9-11-16(23-2)12-10-14)17(20)13-19(24(3,21)22)15-7-5-4-6-8-15/h9-12,15H,4-8,13H2,1-3H3. The van der Waals surface area contributed by atoms with E-state index in [2.05, 4.69) is 0 Å². The maximum absolute atomic E-state index is 12.6. The molecule has 1 fully saturated rings. The third-order valence-corrected chi connectivity index (χ3v) is 5.81. The molecule has 1 amide bonds. The van der Waals surface area contributed by atoms with Gasteiger partial charge in [0.25, 0.3) is 0 Å². The Kier molecular flexibility index (Phi) is 6.23. The van der Waals surface area contributed by atoms with E-state index < -0.39 is 10.0 Å². The van der Waals surface area contributed by atoms with Crippen LogP contribution in [0.1, 0.15) is 32.1 Å². The molecule has 6 nitrogen and oxygen atoms in total. The van der Waals surface area contributed by atoms with Gasteiger partial charge >= 0.3 is 0 Å². The zero-order chi connectivity index (χ0) is 17.7. The van der Waals surface area contributed by atoms with Crippen molar-refractivity contribution in [2.24, 2.45) is 0 Å². The number of carbonyl (C=O) groups excluding carboxylic acids is 1. The van der Waals surface area contributed by atoms with Gasteiger partial charge in [-0.25, -0.2) is 8.42 Å². The lowest BCUT2D eigenvalue weighted by Gasteiger charge is -2.33. The maximum Gasteiger partial charge on any atom is 0.242 e. The number of rotatable bonds is 6. The van der Waals surface area contributed by atoms with Crippen molar-refractivity contribution in [1.82, 2.24) is 4.31 Å². The second-order valence-electron chi connectivity index (χ2n) is 6.25. The number of nitrogens with zero attached hydrogens (tertiary/aromatic N) is 2. The summed E-state index contributed by atoms with van der Waals surface area (Å²) >= 11 is 0. The molecule has 1 aliphatic rings. The highest BCUT2D eigenvalue weighted by Crippen LogP contribution is 2.25. The Bertz CT molecular complexity index is 652. The minimum Gasteiger partial charge on any atom is -0.497 e. The molecule has 0 heterocycles. The fourth-order valence-corrected chi connectivity index (χ4v) is 4.17. The summed E-state index contributed by atoms with van der Waals surface area (Å²) in [5.41, 5.74) is 0.706. The van der Waals surface area contributed by atoms with Gasteiger partial charge in [-0.1, -0.05) is 19.3 Å². The van der Waals surface area contributed by atoms with Crippen LogP contribution in [0, 0.1) is 0 Å². The predicted molar refractivity (Wildman–Crippen MR) is 94.8 cm³/mol. The summed E-state index contributed by atoms with van der Waals surface area (Å²) in [6.45, 7) is -0.119. The van der Waals surface area contributed by atoms with Crippen LogP contribution in [0.25, 0.3) is 0 Å². The SMILES string of the molecule is COc1ccc(N(C)C(=O)CN(C2CCCCC2)S(C)(=O)=O)cc1. The molecule has 0 unspecified atom stereocenters. The van der Waals surface area contributed by atoms with Crippen molar-refractivity contribution in [2.45, 2.75) is 38.1 Å². The second-order valence-corrected chi connectivity index (χ2v) is 8.19. The first-order valence-corrected chi connectivity index (χ1v) is 10.0. The van der Waals surface area contributed by atoms with Crippen LogP contribution in [0.3, 0.4) is 0 Å². The van der Waals surface area contributed by atoms with Gasteiger partial charge in [-0.3, -0.25) is 4.79 Å². The highest BCUT2D eigenvalue weighted by molar-refractivity contribution is 7.88. The van der Waals surface area contributed by atoms with E-state index in [9.17, 15) is 13.2 Å². The minimum atomic E-state index is -3.42. The smallest absolute Gasteiger partial charge is 0.242 e. The molecule has 1 saturated carbocycles. The Morgan fingerprint density at radius 2 is 1.75 bits per heavy atom. The van der Waals surface area contributed by atoms with Gasteiger partial charge < -0.3 is 9.64 Å². The Hall–Kier alpha value is -1.60. The van der Waals surface area contributed by atoms with Crippen LogP contribution >= 0.6 is 0 Å².